The maximum Gasteiger partial charge on any atom is 0.211 e. The van der Waals surface area contributed by atoms with Gasteiger partial charge in [0.15, 0.2) is 5.82 Å². The van der Waals surface area contributed by atoms with E-state index in [9.17, 15) is 4.79 Å². The van der Waals surface area contributed by atoms with Crippen LogP contribution in [0.3, 0.4) is 0 Å². The van der Waals surface area contributed by atoms with Gasteiger partial charge in [0, 0.05) is 24.2 Å². The number of carbonyl (C=O) groups is 1. The summed E-state index contributed by atoms with van der Waals surface area (Å²) in [7, 11) is 0. The highest BCUT2D eigenvalue weighted by molar-refractivity contribution is 5.69. The fourth-order valence-electron chi connectivity index (χ4n) is 1.02. The summed E-state index contributed by atoms with van der Waals surface area (Å²) in [5.41, 5.74) is 1.88. The Morgan fingerprint density at radius 3 is 2.60 bits per heavy atom. The smallest absolute Gasteiger partial charge is 0.211 e. The Bertz CT molecular complexity index is 379. The number of amides is 1. The van der Waals surface area contributed by atoms with Crippen molar-refractivity contribution >= 4 is 12.0 Å². The Labute approximate surface area is 88.8 Å². The van der Waals surface area contributed by atoms with Gasteiger partial charge in [-0.1, -0.05) is 6.08 Å². The van der Waals surface area contributed by atoms with Crippen LogP contribution in [0.25, 0.3) is 5.57 Å². The van der Waals surface area contributed by atoms with Crippen LogP contribution in [-0.4, -0.2) is 16.4 Å². The number of hydrogen-bond donors (Lipinski definition) is 1. The molecule has 4 heteroatoms. The van der Waals surface area contributed by atoms with Gasteiger partial charge in [-0.15, -0.1) is 0 Å². The minimum Gasteiger partial charge on any atom is -0.335 e. The van der Waals surface area contributed by atoms with E-state index in [2.05, 4.69) is 15.3 Å². The molecule has 1 heterocycles. The number of nitrogens with one attached hydrogen (secondary N) is 1. The Balaban J connectivity index is 2.84. The maximum atomic E-state index is 10.0. The van der Waals surface area contributed by atoms with Crippen LogP contribution in [0, 0.1) is 6.92 Å². The molecule has 1 N–H and O–H groups in total. The van der Waals surface area contributed by atoms with Crippen molar-refractivity contribution in [3.8, 4) is 0 Å². The highest BCUT2D eigenvalue weighted by Gasteiger charge is 1.98. The Morgan fingerprint density at radius 1 is 1.40 bits per heavy atom. The molecule has 0 bridgehead atoms. The molecule has 1 rings (SSSR count). The van der Waals surface area contributed by atoms with Gasteiger partial charge in [-0.2, -0.15) is 0 Å². The zero-order valence-electron chi connectivity index (χ0n) is 8.77. The first-order valence-corrected chi connectivity index (χ1v) is 4.59. The molecule has 0 aliphatic carbocycles. The molecule has 0 aliphatic heterocycles. The van der Waals surface area contributed by atoms with Crippen LogP contribution in [0.4, 0.5) is 0 Å². The fourth-order valence-corrected chi connectivity index (χ4v) is 1.02. The van der Waals surface area contributed by atoms with E-state index in [1.807, 2.05) is 19.9 Å². The zero-order chi connectivity index (χ0) is 11.1. The van der Waals surface area contributed by atoms with Crippen molar-refractivity contribution in [3.05, 3.63) is 42.1 Å². The number of rotatable bonds is 4. The molecule has 15 heavy (non-hydrogen) atoms. The summed E-state index contributed by atoms with van der Waals surface area (Å²) in [6.07, 6.45) is 9.30. The molecule has 0 aromatic carbocycles. The van der Waals surface area contributed by atoms with Crippen LogP contribution in [0.5, 0.6) is 0 Å². The molecule has 1 aromatic rings. The lowest BCUT2D eigenvalue weighted by atomic mass is 10.2. The molecule has 0 fully saturated rings. The summed E-state index contributed by atoms with van der Waals surface area (Å²) in [5, 5.41) is 2.44. The quantitative estimate of drug-likeness (QED) is 0.595. The average Bonchev–Trinajstić information content (AvgIpc) is 2.26. The second-order valence-corrected chi connectivity index (χ2v) is 2.95. The molecule has 1 amide bonds. The third kappa shape index (κ3) is 3.34. The van der Waals surface area contributed by atoms with E-state index in [1.54, 1.807) is 24.7 Å². The predicted molar refractivity (Wildman–Crippen MR) is 58.8 cm³/mol. The van der Waals surface area contributed by atoms with Crippen LogP contribution in [0.1, 0.15) is 18.3 Å². The lowest BCUT2D eigenvalue weighted by Crippen LogP contribution is -1.99. The lowest BCUT2D eigenvalue weighted by Gasteiger charge is -1.99. The molecule has 1 aromatic heterocycles. The van der Waals surface area contributed by atoms with Crippen LogP contribution >= 0.6 is 0 Å². The highest BCUT2D eigenvalue weighted by Crippen LogP contribution is 2.09. The van der Waals surface area contributed by atoms with Crippen LogP contribution in [-0.2, 0) is 4.79 Å². The zero-order valence-corrected chi connectivity index (χ0v) is 8.77. The van der Waals surface area contributed by atoms with Crippen LogP contribution in [0.2, 0.25) is 0 Å². The minimum atomic E-state index is 0.611. The predicted octanol–water partition coefficient (Wildman–Crippen LogP) is 1.45. The molecule has 0 atom stereocenters. The van der Waals surface area contributed by atoms with E-state index < -0.39 is 0 Å². The van der Waals surface area contributed by atoms with E-state index in [1.165, 1.54) is 0 Å². The monoisotopic (exact) mass is 203 g/mol. The van der Waals surface area contributed by atoms with Gasteiger partial charge in [-0.3, -0.25) is 4.79 Å². The molecular formula is C11H13N3O. The van der Waals surface area contributed by atoms with Gasteiger partial charge < -0.3 is 5.32 Å². The number of nitrogens with zero attached hydrogens (tertiary/aromatic N) is 2. The molecule has 0 aliphatic rings. The normalized spacial score (nSPS) is 11.7. The fraction of sp³-hybridized carbons (Fsp3) is 0.182. The van der Waals surface area contributed by atoms with Crippen LogP contribution < -0.4 is 5.32 Å². The molecule has 0 spiro atoms. The van der Waals surface area contributed by atoms with Crippen molar-refractivity contribution in [2.75, 3.05) is 0 Å². The third-order valence-electron chi connectivity index (χ3n) is 1.78. The highest BCUT2D eigenvalue weighted by atomic mass is 16.1. The average molecular weight is 203 g/mol. The SMILES string of the molecule is C/C=C(\C=C/NC=O)c1ncc(C)cn1. The number of carbonyl (C=O) groups excluding carboxylic acids is 1. The molecule has 78 valence electrons. The molecular weight excluding hydrogens is 190 g/mol. The van der Waals surface area contributed by atoms with Gasteiger partial charge in [0.05, 0.1) is 0 Å². The first-order chi connectivity index (χ1) is 7.27. The minimum absolute atomic E-state index is 0.611. The lowest BCUT2D eigenvalue weighted by molar-refractivity contribution is -0.108. The Kier molecular flexibility index (Phi) is 4.22. The molecule has 0 saturated carbocycles. The summed E-state index contributed by atoms with van der Waals surface area (Å²) in [6, 6.07) is 0. The summed E-state index contributed by atoms with van der Waals surface area (Å²) >= 11 is 0. The topological polar surface area (TPSA) is 54.9 Å². The third-order valence-corrected chi connectivity index (χ3v) is 1.78. The van der Waals surface area contributed by atoms with E-state index >= 15 is 0 Å². The summed E-state index contributed by atoms with van der Waals surface area (Å²) in [5.74, 6) is 0.645. The first-order valence-electron chi connectivity index (χ1n) is 4.59. The molecule has 0 unspecified atom stereocenters. The Hall–Kier alpha value is -1.97. The van der Waals surface area contributed by atoms with Gasteiger partial charge in [-0.25, -0.2) is 9.97 Å². The van der Waals surface area contributed by atoms with E-state index in [4.69, 9.17) is 0 Å². The van der Waals surface area contributed by atoms with Gasteiger partial charge in [-0.05, 0) is 25.5 Å². The summed E-state index contributed by atoms with van der Waals surface area (Å²) in [6.45, 7) is 3.83. The first kappa shape index (κ1) is 11.1. The largest absolute Gasteiger partial charge is 0.335 e. The molecule has 0 saturated heterocycles. The van der Waals surface area contributed by atoms with Crippen molar-refractivity contribution in [2.24, 2.45) is 0 Å². The number of aryl methyl sites for hydroxylation is 1. The van der Waals surface area contributed by atoms with Crippen molar-refractivity contribution in [1.29, 1.82) is 0 Å². The van der Waals surface area contributed by atoms with Crippen molar-refractivity contribution in [1.82, 2.24) is 15.3 Å². The van der Waals surface area contributed by atoms with Crippen molar-refractivity contribution in [2.45, 2.75) is 13.8 Å². The Morgan fingerprint density at radius 2 is 2.07 bits per heavy atom. The standard InChI is InChI=1S/C11H13N3O/c1-3-10(4-5-12-8-15)11-13-6-9(2)7-14-11/h3-8H,1-2H3,(H,12,15)/b5-4-,10-3+. The van der Waals surface area contributed by atoms with Gasteiger partial charge in [0.2, 0.25) is 6.41 Å². The number of hydrogen-bond acceptors (Lipinski definition) is 3. The molecule has 4 nitrogen and oxygen atoms in total. The number of allylic oxidation sites excluding steroid dienone is 3. The van der Waals surface area contributed by atoms with Crippen molar-refractivity contribution in [3.63, 3.8) is 0 Å². The maximum absolute atomic E-state index is 10.0. The van der Waals surface area contributed by atoms with E-state index in [-0.39, 0.29) is 0 Å². The summed E-state index contributed by atoms with van der Waals surface area (Å²) in [4.78, 5) is 18.4. The van der Waals surface area contributed by atoms with E-state index in [0.717, 1.165) is 11.1 Å². The second kappa shape index (κ2) is 5.70. The van der Waals surface area contributed by atoms with Gasteiger partial charge in [0.25, 0.3) is 0 Å². The second-order valence-electron chi connectivity index (χ2n) is 2.95. The van der Waals surface area contributed by atoms with E-state index in [0.29, 0.717) is 12.2 Å². The van der Waals surface area contributed by atoms with Gasteiger partial charge in [0.1, 0.15) is 0 Å². The van der Waals surface area contributed by atoms with Crippen LogP contribution in [0.15, 0.2) is 30.7 Å². The number of aromatic nitrogens is 2. The van der Waals surface area contributed by atoms with Crippen molar-refractivity contribution < 1.29 is 4.79 Å². The summed E-state index contributed by atoms with van der Waals surface area (Å²) < 4.78 is 0. The van der Waals surface area contributed by atoms with Gasteiger partial charge >= 0.3 is 0 Å². The molecule has 0 radical (unpaired) electrons.